The van der Waals surface area contributed by atoms with Crippen molar-refractivity contribution in [2.45, 2.75) is 49.6 Å². The Morgan fingerprint density at radius 2 is 1.95 bits per heavy atom. The van der Waals surface area contributed by atoms with Crippen molar-refractivity contribution in [1.82, 2.24) is 24.4 Å². The number of nitrogens with one attached hydrogen (secondary N) is 2. The number of pyridine rings is 1. The number of urea groups is 1. The van der Waals surface area contributed by atoms with Crippen molar-refractivity contribution in [3.05, 3.63) is 53.9 Å². The molecule has 1 aliphatic carbocycles. The smallest absolute Gasteiger partial charge is 0.333 e. The second-order valence-electron chi connectivity index (χ2n) is 10.5. The molecule has 2 aliphatic rings. The molecule has 0 atom stereocenters. The number of carbonyl (C=O) groups excluding carboxylic acids is 1. The third-order valence-corrected chi connectivity index (χ3v) is 8.21. The molecule has 3 aromatic rings. The molecule has 5 rings (SSSR count). The van der Waals surface area contributed by atoms with Gasteiger partial charge in [0.25, 0.3) is 15.9 Å². The summed E-state index contributed by atoms with van der Waals surface area (Å²) in [7, 11) is -2.81. The predicted molar refractivity (Wildman–Crippen MR) is 141 cm³/mol. The van der Waals surface area contributed by atoms with E-state index in [9.17, 15) is 22.0 Å². The molecule has 13 heteroatoms. The van der Waals surface area contributed by atoms with Crippen LogP contribution in [0, 0.1) is 0 Å². The average molecular weight is 561 g/mol. The molecule has 1 aromatic carbocycles. The van der Waals surface area contributed by atoms with Gasteiger partial charge in [-0.2, -0.15) is 13.5 Å². The Morgan fingerprint density at radius 3 is 2.67 bits per heavy atom. The number of ether oxygens (including phenoxy) is 1. The Labute approximate surface area is 225 Å². The maximum atomic E-state index is 13.2. The average Bonchev–Trinajstić information content (AvgIpc) is 3.54. The SMILES string of the molecule is COc1cc(-c2ccc3c(c2NC(=O)NS(=O)(=O)c2ccn(C(C)(C)CN4CC(F)(F)C4)n2)CCC3)ccn1. The van der Waals surface area contributed by atoms with Gasteiger partial charge in [-0.25, -0.2) is 23.3 Å². The minimum Gasteiger partial charge on any atom is -0.481 e. The molecular formula is C26H30F2N6O4S. The molecule has 0 saturated carbocycles. The van der Waals surface area contributed by atoms with Gasteiger partial charge >= 0.3 is 6.03 Å². The monoisotopic (exact) mass is 560 g/mol. The van der Waals surface area contributed by atoms with Gasteiger partial charge in [0.05, 0.1) is 31.4 Å². The van der Waals surface area contributed by atoms with Crippen LogP contribution in [0.2, 0.25) is 0 Å². The number of halogens is 2. The van der Waals surface area contributed by atoms with Crippen LogP contribution in [0.3, 0.4) is 0 Å². The van der Waals surface area contributed by atoms with Crippen LogP contribution >= 0.6 is 0 Å². The second-order valence-corrected chi connectivity index (χ2v) is 12.2. The summed E-state index contributed by atoms with van der Waals surface area (Å²) >= 11 is 0. The molecule has 1 fully saturated rings. The first kappa shape index (κ1) is 27.0. The molecule has 0 bridgehead atoms. The van der Waals surface area contributed by atoms with E-state index in [1.807, 2.05) is 12.1 Å². The van der Waals surface area contributed by atoms with Crippen LogP contribution in [0.1, 0.15) is 31.4 Å². The van der Waals surface area contributed by atoms with E-state index < -0.39 is 27.5 Å². The largest absolute Gasteiger partial charge is 0.481 e. The molecule has 2 amide bonds. The lowest BCUT2D eigenvalue weighted by Crippen LogP contribution is -2.59. The molecule has 3 heterocycles. The van der Waals surface area contributed by atoms with Gasteiger partial charge in [-0.3, -0.25) is 9.58 Å². The van der Waals surface area contributed by atoms with E-state index >= 15 is 0 Å². The van der Waals surface area contributed by atoms with Gasteiger partial charge in [0.15, 0.2) is 5.03 Å². The number of rotatable bonds is 8. The highest BCUT2D eigenvalue weighted by Crippen LogP contribution is 2.38. The summed E-state index contributed by atoms with van der Waals surface area (Å²) in [5, 5.41) is 6.56. The van der Waals surface area contributed by atoms with Crippen LogP contribution in [0.4, 0.5) is 19.3 Å². The number of amides is 2. The number of fused-ring (bicyclic) bond motifs is 1. The number of aryl methyl sites for hydroxylation is 1. The van der Waals surface area contributed by atoms with Crippen molar-refractivity contribution >= 4 is 21.7 Å². The first-order valence-electron chi connectivity index (χ1n) is 12.5. The lowest BCUT2D eigenvalue weighted by Gasteiger charge is -2.42. The van der Waals surface area contributed by atoms with Crippen molar-refractivity contribution < 1.29 is 26.7 Å². The molecule has 0 spiro atoms. The predicted octanol–water partition coefficient (Wildman–Crippen LogP) is 3.64. The molecule has 208 valence electrons. The molecule has 39 heavy (non-hydrogen) atoms. The van der Waals surface area contributed by atoms with E-state index in [-0.39, 0.29) is 24.7 Å². The number of anilines is 1. The van der Waals surface area contributed by atoms with Crippen LogP contribution in [0.25, 0.3) is 11.1 Å². The lowest BCUT2D eigenvalue weighted by molar-refractivity contribution is -0.138. The van der Waals surface area contributed by atoms with Gasteiger partial charge in [0.2, 0.25) is 5.88 Å². The van der Waals surface area contributed by atoms with E-state index in [1.165, 1.54) is 24.1 Å². The van der Waals surface area contributed by atoms with Crippen LogP contribution in [-0.4, -0.2) is 66.8 Å². The summed E-state index contributed by atoms with van der Waals surface area (Å²) in [6, 6.07) is 7.79. The van der Waals surface area contributed by atoms with Gasteiger partial charge in [-0.05, 0) is 61.9 Å². The summed E-state index contributed by atoms with van der Waals surface area (Å²) < 4.78 is 61.2. The van der Waals surface area contributed by atoms with Crippen molar-refractivity contribution in [2.75, 3.05) is 32.1 Å². The maximum absolute atomic E-state index is 13.2. The Kier molecular flexibility index (Phi) is 6.83. The standard InChI is InChI=1S/C26H30F2N6O4S/c1-25(2,14-33-15-26(27,28)16-33)34-12-10-22(31-34)39(36,37)32-24(35)30-23-19-6-4-5-17(19)7-8-20(23)18-9-11-29-21(13-18)38-3/h7-13H,4-6,14-16H2,1-3H3,(H2,30,32,35). The van der Waals surface area contributed by atoms with Gasteiger partial charge in [-0.1, -0.05) is 12.1 Å². The van der Waals surface area contributed by atoms with Gasteiger partial charge in [0, 0.05) is 30.6 Å². The minimum atomic E-state index is -4.32. The normalized spacial score (nSPS) is 16.8. The van der Waals surface area contributed by atoms with Gasteiger partial charge < -0.3 is 10.1 Å². The molecule has 10 nitrogen and oxygen atoms in total. The highest BCUT2D eigenvalue weighted by atomic mass is 32.2. The minimum absolute atomic E-state index is 0.263. The Bertz CT molecular complexity index is 1510. The first-order chi connectivity index (χ1) is 18.4. The Morgan fingerprint density at radius 1 is 1.18 bits per heavy atom. The highest BCUT2D eigenvalue weighted by molar-refractivity contribution is 7.90. The molecule has 0 radical (unpaired) electrons. The van der Waals surface area contributed by atoms with Gasteiger partial charge in [0.1, 0.15) is 0 Å². The van der Waals surface area contributed by atoms with Crippen molar-refractivity contribution in [3.8, 4) is 17.0 Å². The molecule has 1 aliphatic heterocycles. The number of hydrogen-bond acceptors (Lipinski definition) is 7. The van der Waals surface area contributed by atoms with Crippen LogP contribution in [0.15, 0.2) is 47.8 Å². The third kappa shape index (κ3) is 5.59. The summed E-state index contributed by atoms with van der Waals surface area (Å²) in [6.45, 7) is 3.13. The summed E-state index contributed by atoms with van der Waals surface area (Å²) in [6.07, 6.45) is 5.60. The maximum Gasteiger partial charge on any atom is 0.333 e. The lowest BCUT2D eigenvalue weighted by atomic mass is 9.98. The van der Waals surface area contributed by atoms with Crippen molar-refractivity contribution in [3.63, 3.8) is 0 Å². The van der Waals surface area contributed by atoms with Crippen LogP contribution in [-0.2, 0) is 28.4 Å². The second kappa shape index (κ2) is 9.87. The van der Waals surface area contributed by atoms with Crippen LogP contribution < -0.4 is 14.8 Å². The number of likely N-dealkylation sites (tertiary alicyclic amines) is 1. The first-order valence-corrected chi connectivity index (χ1v) is 14.0. The number of hydrogen-bond donors (Lipinski definition) is 2. The number of methoxy groups -OCH3 is 1. The zero-order valence-electron chi connectivity index (χ0n) is 21.9. The fraction of sp³-hybridized carbons (Fsp3) is 0.423. The number of aromatic nitrogens is 3. The van der Waals surface area contributed by atoms with Crippen molar-refractivity contribution in [1.29, 1.82) is 0 Å². The van der Waals surface area contributed by atoms with E-state index in [0.717, 1.165) is 36.0 Å². The molecule has 1 saturated heterocycles. The zero-order valence-corrected chi connectivity index (χ0v) is 22.7. The van der Waals surface area contributed by atoms with Gasteiger partial charge in [-0.15, -0.1) is 0 Å². The van der Waals surface area contributed by atoms with E-state index in [1.54, 1.807) is 37.1 Å². The molecule has 2 N–H and O–H groups in total. The topological polar surface area (TPSA) is 118 Å². The Hall–Kier alpha value is -3.58. The number of alkyl halides is 2. The third-order valence-electron chi connectivity index (χ3n) is 6.98. The summed E-state index contributed by atoms with van der Waals surface area (Å²) in [4.78, 5) is 18.7. The fourth-order valence-electron chi connectivity index (χ4n) is 5.18. The summed E-state index contributed by atoms with van der Waals surface area (Å²) in [5.74, 6) is -2.29. The number of sulfonamides is 1. The highest BCUT2D eigenvalue weighted by Gasteiger charge is 2.45. The molecular weight excluding hydrogens is 530 g/mol. The fourth-order valence-corrected chi connectivity index (χ4v) is 6.01. The summed E-state index contributed by atoms with van der Waals surface area (Å²) in [5.41, 5.74) is 3.31. The quantitative estimate of drug-likeness (QED) is 0.432. The number of benzene rings is 1. The zero-order chi connectivity index (χ0) is 28.0. The van der Waals surface area contributed by atoms with E-state index in [4.69, 9.17) is 4.74 Å². The van der Waals surface area contributed by atoms with E-state index in [2.05, 4.69) is 20.1 Å². The Balaban J connectivity index is 1.34. The van der Waals surface area contributed by atoms with Crippen LogP contribution in [0.5, 0.6) is 5.88 Å². The number of carbonyl (C=O) groups is 1. The number of nitrogens with zero attached hydrogens (tertiary/aromatic N) is 4. The van der Waals surface area contributed by atoms with Crippen molar-refractivity contribution in [2.24, 2.45) is 0 Å². The molecule has 2 aromatic heterocycles. The molecule has 0 unspecified atom stereocenters. The van der Waals surface area contributed by atoms with E-state index in [0.29, 0.717) is 17.1 Å².